The van der Waals surface area contributed by atoms with Crippen LogP contribution in [0.2, 0.25) is 0 Å². The van der Waals surface area contributed by atoms with Crippen LogP contribution in [0.25, 0.3) is 0 Å². The highest BCUT2D eigenvalue weighted by Crippen LogP contribution is 2.35. The van der Waals surface area contributed by atoms with E-state index >= 15 is 0 Å². The number of amides is 3. The molecule has 4 rings (SSSR count). The Balaban J connectivity index is 1.52. The molecule has 6 N–H and O–H groups in total. The maximum atomic E-state index is 13.1. The van der Waals surface area contributed by atoms with Crippen molar-refractivity contribution < 1.29 is 14.4 Å². The van der Waals surface area contributed by atoms with Gasteiger partial charge in [0.15, 0.2) is 0 Å². The zero-order valence-electron chi connectivity index (χ0n) is 18.6. The topological polar surface area (TPSA) is 131 Å². The Kier molecular flexibility index (Phi) is 7.10. The van der Waals surface area contributed by atoms with E-state index in [1.807, 2.05) is 18.2 Å². The van der Waals surface area contributed by atoms with E-state index in [4.69, 9.17) is 11.5 Å². The summed E-state index contributed by atoms with van der Waals surface area (Å²) in [6.07, 6.45) is 8.04. The minimum atomic E-state index is -0.597. The third-order valence-electron chi connectivity index (χ3n) is 7.28. The van der Waals surface area contributed by atoms with E-state index in [2.05, 4.69) is 10.6 Å². The van der Waals surface area contributed by atoms with Crippen LogP contribution < -0.4 is 22.1 Å². The normalized spacial score (nSPS) is 26.6. The van der Waals surface area contributed by atoms with Gasteiger partial charge in [-0.3, -0.25) is 19.7 Å². The van der Waals surface area contributed by atoms with Gasteiger partial charge in [-0.15, -0.1) is 0 Å². The molecule has 0 spiro atoms. The second-order valence-electron chi connectivity index (χ2n) is 9.44. The number of rotatable bonds is 8. The van der Waals surface area contributed by atoms with Crippen LogP contribution in [0.3, 0.4) is 0 Å². The smallest absolute Gasteiger partial charge is 0.255 e. The Morgan fingerprint density at radius 3 is 2.59 bits per heavy atom. The number of imide groups is 1. The number of carbonyl (C=O) groups excluding carboxylic acids is 3. The predicted octanol–water partition coefficient (Wildman–Crippen LogP) is 1.87. The van der Waals surface area contributed by atoms with Crippen LogP contribution in [0, 0.1) is 5.92 Å². The molecule has 1 aromatic rings. The summed E-state index contributed by atoms with van der Waals surface area (Å²) in [5, 5.41) is 6.14. The molecule has 2 fully saturated rings. The zero-order valence-corrected chi connectivity index (χ0v) is 18.6. The first kappa shape index (κ1) is 22.7. The Morgan fingerprint density at radius 1 is 1.09 bits per heavy atom. The molecule has 2 aliphatic heterocycles. The summed E-state index contributed by atoms with van der Waals surface area (Å²) in [4.78, 5) is 38.6. The van der Waals surface area contributed by atoms with Crippen LogP contribution in [0.15, 0.2) is 18.2 Å². The van der Waals surface area contributed by atoms with Crippen LogP contribution in [0.4, 0.5) is 5.69 Å². The van der Waals surface area contributed by atoms with E-state index in [1.54, 1.807) is 4.90 Å². The van der Waals surface area contributed by atoms with Gasteiger partial charge in [-0.1, -0.05) is 12.5 Å². The van der Waals surface area contributed by atoms with Crippen LogP contribution in [-0.2, 0) is 16.1 Å². The average Bonchev–Trinajstić information content (AvgIpc) is 3.11. The van der Waals surface area contributed by atoms with Crippen LogP contribution in [0.5, 0.6) is 0 Å². The number of hydrogen-bond donors (Lipinski definition) is 4. The molecule has 0 aromatic heterocycles. The zero-order chi connectivity index (χ0) is 22.7. The molecule has 32 heavy (non-hydrogen) atoms. The van der Waals surface area contributed by atoms with Crippen molar-refractivity contribution in [2.75, 3.05) is 11.9 Å². The molecular formula is C24H35N5O3. The van der Waals surface area contributed by atoms with E-state index in [0.29, 0.717) is 43.1 Å². The first-order chi connectivity index (χ1) is 15.5. The Hall–Kier alpha value is -2.45. The van der Waals surface area contributed by atoms with Gasteiger partial charge in [0.25, 0.3) is 5.91 Å². The van der Waals surface area contributed by atoms with Crippen LogP contribution in [-0.4, -0.2) is 47.3 Å². The molecular weight excluding hydrogens is 406 g/mol. The molecule has 1 saturated carbocycles. The van der Waals surface area contributed by atoms with E-state index in [0.717, 1.165) is 56.2 Å². The highest BCUT2D eigenvalue weighted by molar-refractivity contribution is 6.06. The Morgan fingerprint density at radius 2 is 1.88 bits per heavy atom. The van der Waals surface area contributed by atoms with Crippen molar-refractivity contribution in [3.05, 3.63) is 29.3 Å². The quantitative estimate of drug-likeness (QED) is 0.360. The number of anilines is 1. The number of nitrogens with two attached hydrogens (primary N) is 2. The summed E-state index contributed by atoms with van der Waals surface area (Å²) < 4.78 is 0. The molecule has 3 aliphatic rings. The predicted molar refractivity (Wildman–Crippen MR) is 123 cm³/mol. The molecule has 1 aromatic carbocycles. The summed E-state index contributed by atoms with van der Waals surface area (Å²) in [6.45, 7) is 1.08. The molecule has 0 bridgehead atoms. The molecule has 8 heteroatoms. The van der Waals surface area contributed by atoms with Crippen molar-refractivity contribution in [2.24, 2.45) is 17.4 Å². The monoisotopic (exact) mass is 441 g/mol. The van der Waals surface area contributed by atoms with E-state index in [-0.39, 0.29) is 24.1 Å². The van der Waals surface area contributed by atoms with Gasteiger partial charge < -0.3 is 21.7 Å². The summed E-state index contributed by atoms with van der Waals surface area (Å²) >= 11 is 0. The van der Waals surface area contributed by atoms with E-state index in [1.165, 1.54) is 0 Å². The SMILES string of the molecule is NCCCC[C@@H](Nc1cccc2c1CN([C@@H]1CCC(=O)NC1=O)C2=O)C1CCC(N)CC1. The number of nitrogens with one attached hydrogen (secondary N) is 2. The van der Waals surface area contributed by atoms with E-state index < -0.39 is 6.04 Å². The largest absolute Gasteiger partial charge is 0.382 e. The summed E-state index contributed by atoms with van der Waals surface area (Å²) in [7, 11) is 0. The maximum Gasteiger partial charge on any atom is 0.255 e. The molecule has 8 nitrogen and oxygen atoms in total. The van der Waals surface area contributed by atoms with Gasteiger partial charge in [0, 0.05) is 41.9 Å². The Bertz CT molecular complexity index is 865. The highest BCUT2D eigenvalue weighted by atomic mass is 16.2. The molecule has 0 radical (unpaired) electrons. The Labute approximate surface area is 189 Å². The van der Waals surface area contributed by atoms with Gasteiger partial charge in [0.05, 0.1) is 0 Å². The minimum Gasteiger partial charge on any atom is -0.382 e. The van der Waals surface area contributed by atoms with Gasteiger partial charge in [-0.25, -0.2) is 0 Å². The number of carbonyl (C=O) groups is 3. The molecule has 3 amide bonds. The van der Waals surface area contributed by atoms with Crippen molar-refractivity contribution in [1.82, 2.24) is 10.2 Å². The third kappa shape index (κ3) is 4.81. The first-order valence-electron chi connectivity index (χ1n) is 12.0. The molecule has 1 aliphatic carbocycles. The lowest BCUT2D eigenvalue weighted by molar-refractivity contribution is -0.136. The van der Waals surface area contributed by atoms with Crippen LogP contribution >= 0.6 is 0 Å². The second-order valence-corrected chi connectivity index (χ2v) is 9.44. The minimum absolute atomic E-state index is 0.138. The second kappa shape index (κ2) is 10.0. The molecule has 2 atom stereocenters. The van der Waals surface area contributed by atoms with Crippen LogP contribution in [0.1, 0.15) is 73.7 Å². The maximum absolute atomic E-state index is 13.1. The highest BCUT2D eigenvalue weighted by Gasteiger charge is 2.40. The first-order valence-corrected chi connectivity index (χ1v) is 12.0. The summed E-state index contributed by atoms with van der Waals surface area (Å²) in [6, 6.07) is 5.78. The number of benzene rings is 1. The van der Waals surface area contributed by atoms with Gasteiger partial charge in [-0.2, -0.15) is 0 Å². The van der Waals surface area contributed by atoms with Crippen molar-refractivity contribution in [2.45, 2.75) is 82.5 Å². The van der Waals surface area contributed by atoms with Crippen molar-refractivity contribution >= 4 is 23.4 Å². The van der Waals surface area contributed by atoms with Crippen molar-refractivity contribution in [3.8, 4) is 0 Å². The number of fused-ring (bicyclic) bond motifs is 1. The lowest BCUT2D eigenvalue weighted by Crippen LogP contribution is -2.52. The standard InChI is InChI=1S/C24H35N5O3/c25-13-2-1-5-19(15-7-9-16(26)10-8-15)27-20-6-3-4-17-18(20)14-29(24(17)32)21-11-12-22(30)28-23(21)31/h3-4,6,15-16,19,21,27H,1-2,5,7-14,25-26H2,(H,28,30,31)/t15?,16?,19-,21-/m1/s1. The van der Waals surface area contributed by atoms with Crippen molar-refractivity contribution in [3.63, 3.8) is 0 Å². The lowest BCUT2D eigenvalue weighted by Gasteiger charge is -2.34. The summed E-state index contributed by atoms with van der Waals surface area (Å²) in [5.41, 5.74) is 14.4. The number of piperidine rings is 1. The van der Waals surface area contributed by atoms with E-state index in [9.17, 15) is 14.4 Å². The molecule has 2 heterocycles. The van der Waals surface area contributed by atoms with Gasteiger partial charge in [-0.05, 0) is 69.5 Å². The number of unbranched alkanes of at least 4 members (excludes halogenated alkanes) is 1. The lowest BCUT2D eigenvalue weighted by atomic mass is 9.80. The molecule has 0 unspecified atom stereocenters. The fraction of sp³-hybridized carbons (Fsp3) is 0.625. The summed E-state index contributed by atoms with van der Waals surface area (Å²) in [5.74, 6) is -0.242. The average molecular weight is 442 g/mol. The van der Waals surface area contributed by atoms with Gasteiger partial charge in [0.1, 0.15) is 6.04 Å². The van der Waals surface area contributed by atoms with Gasteiger partial charge >= 0.3 is 0 Å². The molecule has 1 saturated heterocycles. The molecule has 174 valence electrons. The van der Waals surface area contributed by atoms with Gasteiger partial charge in [0.2, 0.25) is 11.8 Å². The fourth-order valence-corrected chi connectivity index (χ4v) is 5.40. The third-order valence-corrected chi connectivity index (χ3v) is 7.28. The number of hydrogen-bond acceptors (Lipinski definition) is 6. The number of nitrogens with zero attached hydrogens (tertiary/aromatic N) is 1. The fourth-order valence-electron chi connectivity index (χ4n) is 5.40. The van der Waals surface area contributed by atoms with Crippen molar-refractivity contribution in [1.29, 1.82) is 0 Å².